The van der Waals surface area contributed by atoms with Gasteiger partial charge in [-0.3, -0.25) is 14.4 Å². The highest BCUT2D eigenvalue weighted by atomic mass is 16.5. The average Bonchev–Trinajstić information content (AvgIpc) is 3.24. The molecule has 1 unspecified atom stereocenters. The minimum absolute atomic E-state index is 0.115. The van der Waals surface area contributed by atoms with Crippen molar-refractivity contribution < 1.29 is 23.9 Å². The van der Waals surface area contributed by atoms with Crippen molar-refractivity contribution in [3.05, 3.63) is 42.2 Å². The van der Waals surface area contributed by atoms with E-state index in [0.29, 0.717) is 31.9 Å². The molecule has 0 N–H and O–H groups in total. The van der Waals surface area contributed by atoms with Crippen LogP contribution in [0.25, 0.3) is 5.69 Å². The van der Waals surface area contributed by atoms with E-state index in [9.17, 15) is 14.4 Å². The lowest BCUT2D eigenvalue weighted by molar-refractivity contribution is -0.151. The largest absolute Gasteiger partial charge is 0.493 e. The molecular weight excluding hydrogens is 400 g/mol. The van der Waals surface area contributed by atoms with Gasteiger partial charge in [0.25, 0.3) is 5.91 Å². The molecule has 0 radical (unpaired) electrons. The molecule has 3 rings (SSSR count). The summed E-state index contributed by atoms with van der Waals surface area (Å²) in [7, 11) is 3.02. The molecule has 1 aromatic heterocycles. The quantitative estimate of drug-likeness (QED) is 0.624. The van der Waals surface area contributed by atoms with Crippen molar-refractivity contribution in [3.8, 4) is 11.4 Å². The van der Waals surface area contributed by atoms with Crippen molar-refractivity contribution in [1.29, 1.82) is 0 Å². The van der Waals surface area contributed by atoms with Gasteiger partial charge in [-0.05, 0) is 31.9 Å². The number of aromatic nitrogens is 2. The second-order valence-electron chi connectivity index (χ2n) is 7.42. The topological polar surface area (TPSA) is 94.0 Å². The van der Waals surface area contributed by atoms with E-state index in [-0.39, 0.29) is 30.0 Å². The van der Waals surface area contributed by atoms with Crippen LogP contribution in [0.5, 0.6) is 5.75 Å². The van der Waals surface area contributed by atoms with Gasteiger partial charge >= 0.3 is 5.97 Å². The second-order valence-corrected chi connectivity index (χ2v) is 7.42. The number of para-hydroxylation sites is 1. The van der Waals surface area contributed by atoms with Crippen molar-refractivity contribution in [1.82, 2.24) is 19.6 Å². The highest BCUT2D eigenvalue weighted by Crippen LogP contribution is 2.22. The van der Waals surface area contributed by atoms with Crippen LogP contribution in [0.4, 0.5) is 0 Å². The number of hydrogen-bond donors (Lipinski definition) is 0. The van der Waals surface area contributed by atoms with Crippen molar-refractivity contribution >= 4 is 17.8 Å². The van der Waals surface area contributed by atoms with Crippen LogP contribution in [-0.4, -0.2) is 77.8 Å². The number of amides is 2. The van der Waals surface area contributed by atoms with Crippen LogP contribution in [0.1, 0.15) is 30.3 Å². The molecule has 1 saturated heterocycles. The predicted molar refractivity (Wildman–Crippen MR) is 113 cm³/mol. The smallest absolute Gasteiger partial charge is 0.310 e. The maximum Gasteiger partial charge on any atom is 0.310 e. The maximum absolute atomic E-state index is 13.0. The highest BCUT2D eigenvalue weighted by molar-refractivity contribution is 5.97. The van der Waals surface area contributed by atoms with Crippen LogP contribution in [0.3, 0.4) is 0 Å². The predicted octanol–water partition coefficient (Wildman–Crippen LogP) is 1.75. The number of ether oxygens (including phenoxy) is 2. The molecule has 0 aliphatic carbocycles. The van der Waals surface area contributed by atoms with Gasteiger partial charge in [0.15, 0.2) is 11.4 Å². The zero-order valence-corrected chi connectivity index (χ0v) is 18.1. The van der Waals surface area contributed by atoms with Crippen molar-refractivity contribution in [3.63, 3.8) is 0 Å². The molecule has 2 amide bonds. The van der Waals surface area contributed by atoms with E-state index in [2.05, 4.69) is 5.10 Å². The van der Waals surface area contributed by atoms with Crippen LogP contribution in [0, 0.1) is 5.92 Å². The summed E-state index contributed by atoms with van der Waals surface area (Å²) in [6.07, 6.45) is 3.06. The summed E-state index contributed by atoms with van der Waals surface area (Å²) >= 11 is 0. The molecule has 1 aliphatic heterocycles. The lowest BCUT2D eigenvalue weighted by Crippen LogP contribution is -2.47. The number of methoxy groups -OCH3 is 1. The number of esters is 1. The molecule has 1 aromatic carbocycles. The number of piperidine rings is 1. The third-order valence-corrected chi connectivity index (χ3v) is 5.24. The summed E-state index contributed by atoms with van der Waals surface area (Å²) < 4.78 is 12.0. The third kappa shape index (κ3) is 5.22. The summed E-state index contributed by atoms with van der Waals surface area (Å²) in [5, 5.41) is 4.36. The van der Waals surface area contributed by atoms with Gasteiger partial charge in [0.1, 0.15) is 0 Å². The Hall–Kier alpha value is -3.36. The Kier molecular flexibility index (Phi) is 7.28. The fraction of sp³-hybridized carbons (Fsp3) is 0.455. The van der Waals surface area contributed by atoms with Crippen LogP contribution in [0.2, 0.25) is 0 Å². The van der Waals surface area contributed by atoms with Gasteiger partial charge in [-0.15, -0.1) is 0 Å². The number of benzene rings is 1. The molecule has 2 aromatic rings. The lowest BCUT2D eigenvalue weighted by Gasteiger charge is -2.32. The minimum atomic E-state index is -0.418. The Morgan fingerprint density at radius 2 is 1.97 bits per heavy atom. The van der Waals surface area contributed by atoms with Gasteiger partial charge in [0.05, 0.1) is 38.1 Å². The molecule has 2 heterocycles. The second kappa shape index (κ2) is 10.1. The van der Waals surface area contributed by atoms with E-state index >= 15 is 0 Å². The molecule has 0 bridgehead atoms. The maximum atomic E-state index is 13.0. The first-order valence-electron chi connectivity index (χ1n) is 10.3. The molecule has 166 valence electrons. The van der Waals surface area contributed by atoms with E-state index in [1.807, 2.05) is 30.3 Å². The highest BCUT2D eigenvalue weighted by Gasteiger charge is 2.31. The van der Waals surface area contributed by atoms with Crippen molar-refractivity contribution in [2.45, 2.75) is 19.8 Å². The van der Waals surface area contributed by atoms with Crippen LogP contribution in [0.15, 0.2) is 36.5 Å². The SMILES string of the molecule is CCOC(=O)C1CCCN(C(=O)CN(C)C(=O)c2nn(-c3ccccc3)cc2OC)C1. The van der Waals surface area contributed by atoms with Gasteiger partial charge in [-0.2, -0.15) is 5.10 Å². The molecular formula is C22H28N4O5. The Balaban J connectivity index is 1.67. The number of rotatable bonds is 7. The first-order chi connectivity index (χ1) is 14.9. The fourth-order valence-electron chi connectivity index (χ4n) is 3.58. The number of likely N-dealkylation sites (tertiary alicyclic amines) is 1. The van der Waals surface area contributed by atoms with Crippen LogP contribution >= 0.6 is 0 Å². The van der Waals surface area contributed by atoms with E-state index in [1.54, 1.807) is 29.7 Å². The number of carbonyl (C=O) groups excluding carboxylic acids is 3. The molecule has 0 spiro atoms. The first-order valence-corrected chi connectivity index (χ1v) is 10.3. The Labute approximate surface area is 181 Å². The van der Waals surface area contributed by atoms with Gasteiger partial charge in [0.2, 0.25) is 5.91 Å². The molecule has 0 saturated carbocycles. The number of likely N-dealkylation sites (N-methyl/N-ethyl adjacent to an activating group) is 1. The summed E-state index contributed by atoms with van der Waals surface area (Å²) in [6.45, 7) is 2.83. The Morgan fingerprint density at radius 1 is 1.23 bits per heavy atom. The van der Waals surface area contributed by atoms with Crippen molar-refractivity contribution in [2.75, 3.05) is 40.4 Å². The molecule has 9 nitrogen and oxygen atoms in total. The van der Waals surface area contributed by atoms with Gasteiger partial charge in [-0.1, -0.05) is 18.2 Å². The molecule has 1 fully saturated rings. The molecule has 9 heteroatoms. The first kappa shape index (κ1) is 22.3. The number of carbonyl (C=O) groups is 3. The van der Waals surface area contributed by atoms with E-state index in [1.165, 1.54) is 12.0 Å². The number of hydrogen-bond acceptors (Lipinski definition) is 6. The van der Waals surface area contributed by atoms with Gasteiger partial charge in [-0.25, -0.2) is 4.68 Å². The van der Waals surface area contributed by atoms with Crippen molar-refractivity contribution in [2.24, 2.45) is 5.92 Å². The van der Waals surface area contributed by atoms with E-state index < -0.39 is 5.91 Å². The van der Waals surface area contributed by atoms with Crippen LogP contribution in [-0.2, 0) is 14.3 Å². The zero-order chi connectivity index (χ0) is 22.4. The zero-order valence-electron chi connectivity index (χ0n) is 18.1. The van der Waals surface area contributed by atoms with Crippen LogP contribution < -0.4 is 4.74 Å². The molecule has 1 aliphatic rings. The summed E-state index contributed by atoms with van der Waals surface area (Å²) in [5.74, 6) is -0.903. The Morgan fingerprint density at radius 3 is 2.65 bits per heavy atom. The third-order valence-electron chi connectivity index (χ3n) is 5.24. The normalized spacial score (nSPS) is 16.0. The fourth-order valence-corrected chi connectivity index (χ4v) is 3.58. The van der Waals surface area contributed by atoms with Gasteiger partial charge in [0, 0.05) is 20.1 Å². The standard InChI is InChI=1S/C22H28N4O5/c1-4-31-22(29)16-9-8-12-25(13-16)19(27)15-24(2)21(28)20-18(30-3)14-26(23-20)17-10-6-5-7-11-17/h5-7,10-11,14,16H,4,8-9,12-13,15H2,1-3H3. The minimum Gasteiger partial charge on any atom is -0.493 e. The summed E-state index contributed by atoms with van der Waals surface area (Å²) in [5.41, 5.74) is 0.918. The van der Waals surface area contributed by atoms with E-state index in [0.717, 1.165) is 12.1 Å². The summed E-state index contributed by atoms with van der Waals surface area (Å²) in [6, 6.07) is 9.37. The lowest BCUT2D eigenvalue weighted by atomic mass is 9.98. The van der Waals surface area contributed by atoms with E-state index in [4.69, 9.17) is 9.47 Å². The Bertz CT molecular complexity index is 927. The monoisotopic (exact) mass is 428 g/mol. The number of nitrogens with zero attached hydrogens (tertiary/aromatic N) is 4. The average molecular weight is 428 g/mol. The van der Waals surface area contributed by atoms with Gasteiger partial charge < -0.3 is 19.3 Å². The summed E-state index contributed by atoms with van der Waals surface area (Å²) in [4.78, 5) is 40.7. The molecule has 1 atom stereocenters. The molecule has 31 heavy (non-hydrogen) atoms.